The summed E-state index contributed by atoms with van der Waals surface area (Å²) in [5.41, 5.74) is 0. The number of unbranched alkanes of at least 4 members (excludes halogenated alkanes) is 43. The van der Waals surface area contributed by atoms with Crippen LogP contribution in [0, 0.1) is 0 Å². The fourth-order valence-electron chi connectivity index (χ4n) is 9.37. The van der Waals surface area contributed by atoms with Crippen molar-refractivity contribution >= 4 is 17.9 Å². The van der Waals surface area contributed by atoms with Crippen LogP contribution in [0.1, 0.15) is 316 Å². The van der Waals surface area contributed by atoms with E-state index in [9.17, 15) is 19.5 Å². The summed E-state index contributed by atoms with van der Waals surface area (Å²) in [6, 6.07) is 0. The molecule has 0 aliphatic carbocycles. The number of aliphatic carboxylic acids is 1. The lowest BCUT2D eigenvalue weighted by molar-refractivity contribution is -0.870. The molecule has 2 unspecified atom stereocenters. The second-order valence-electron chi connectivity index (χ2n) is 22.4. The molecule has 0 heterocycles. The summed E-state index contributed by atoms with van der Waals surface area (Å²) in [5.74, 6) is -1.97. The predicted octanol–water partition coefficient (Wildman–Crippen LogP) is 18.0. The van der Waals surface area contributed by atoms with Gasteiger partial charge in [-0.1, -0.05) is 290 Å². The molecule has 1 N–H and O–H groups in total. The highest BCUT2D eigenvalue weighted by atomic mass is 16.7. The molecule has 0 aromatic heterocycles. The molecule has 416 valence electrons. The molecule has 0 amide bonds. The number of quaternary nitrogens is 1. The summed E-state index contributed by atoms with van der Waals surface area (Å²) < 4.78 is 22.9. The number of carbonyl (C=O) groups excluding carboxylic acids is 2. The summed E-state index contributed by atoms with van der Waals surface area (Å²) in [6.45, 7) is 4.96. The van der Waals surface area contributed by atoms with Gasteiger partial charge in [-0.25, -0.2) is 4.79 Å². The number of esters is 2. The van der Waals surface area contributed by atoms with Gasteiger partial charge >= 0.3 is 17.9 Å². The van der Waals surface area contributed by atoms with Crippen molar-refractivity contribution in [2.45, 2.75) is 328 Å². The molecular formula is C61H120NO8+. The van der Waals surface area contributed by atoms with E-state index < -0.39 is 18.4 Å². The zero-order chi connectivity index (χ0) is 51.3. The minimum atomic E-state index is -1.50. The molecule has 0 aromatic carbocycles. The molecule has 0 fully saturated rings. The van der Waals surface area contributed by atoms with Gasteiger partial charge in [-0.3, -0.25) is 9.59 Å². The van der Waals surface area contributed by atoms with Crippen LogP contribution in [0.4, 0.5) is 0 Å². The number of carbonyl (C=O) groups is 3. The second kappa shape index (κ2) is 53.6. The Hall–Kier alpha value is -1.71. The Morgan fingerprint density at radius 2 is 0.643 bits per heavy atom. The zero-order valence-electron chi connectivity index (χ0n) is 47.5. The van der Waals surface area contributed by atoms with Crippen LogP contribution >= 0.6 is 0 Å². The normalized spacial score (nSPS) is 12.6. The highest BCUT2D eigenvalue weighted by molar-refractivity contribution is 5.71. The third kappa shape index (κ3) is 54.1. The first-order valence-electron chi connectivity index (χ1n) is 30.7. The van der Waals surface area contributed by atoms with E-state index >= 15 is 0 Å². The van der Waals surface area contributed by atoms with Gasteiger partial charge in [0.1, 0.15) is 13.2 Å². The van der Waals surface area contributed by atoms with Gasteiger partial charge in [-0.2, -0.15) is 0 Å². The van der Waals surface area contributed by atoms with Crippen molar-refractivity contribution < 1.29 is 42.9 Å². The number of carboxylic acids is 1. The van der Waals surface area contributed by atoms with Crippen LogP contribution in [0.25, 0.3) is 0 Å². The Bertz CT molecular complexity index is 1110. The topological polar surface area (TPSA) is 108 Å². The summed E-state index contributed by atoms with van der Waals surface area (Å²) in [5, 5.41) is 9.71. The average Bonchev–Trinajstić information content (AvgIpc) is 3.33. The highest BCUT2D eigenvalue weighted by Gasteiger charge is 2.25. The summed E-state index contributed by atoms with van der Waals surface area (Å²) in [6.07, 6.45) is 57.6. The maximum Gasteiger partial charge on any atom is 0.361 e. The first kappa shape index (κ1) is 68.3. The van der Waals surface area contributed by atoms with Gasteiger partial charge in [0.15, 0.2) is 6.10 Å². The fourth-order valence-corrected chi connectivity index (χ4v) is 9.37. The lowest BCUT2D eigenvalue weighted by Gasteiger charge is -2.25. The summed E-state index contributed by atoms with van der Waals surface area (Å²) in [7, 11) is 5.99. The van der Waals surface area contributed by atoms with Crippen LogP contribution < -0.4 is 0 Å². The minimum Gasteiger partial charge on any atom is -0.477 e. The number of ether oxygens (including phenoxy) is 4. The van der Waals surface area contributed by atoms with E-state index in [1.165, 1.54) is 250 Å². The monoisotopic (exact) mass is 995 g/mol. The van der Waals surface area contributed by atoms with Gasteiger partial charge < -0.3 is 28.5 Å². The van der Waals surface area contributed by atoms with Gasteiger partial charge in [-0.05, 0) is 12.8 Å². The van der Waals surface area contributed by atoms with Gasteiger partial charge in [-0.15, -0.1) is 0 Å². The Balaban J connectivity index is 4.15. The number of likely N-dealkylation sites (N-methyl/N-ethyl adjacent to an activating group) is 1. The number of carboxylic acid groups (broad SMARTS) is 1. The van der Waals surface area contributed by atoms with Crippen LogP contribution in [-0.4, -0.2) is 87.4 Å². The van der Waals surface area contributed by atoms with Crippen molar-refractivity contribution in [1.29, 1.82) is 0 Å². The molecule has 0 saturated heterocycles. The van der Waals surface area contributed by atoms with E-state index in [1.54, 1.807) is 0 Å². The van der Waals surface area contributed by atoms with E-state index in [0.29, 0.717) is 17.4 Å². The number of rotatable bonds is 58. The van der Waals surface area contributed by atoms with E-state index in [-0.39, 0.29) is 38.2 Å². The van der Waals surface area contributed by atoms with Crippen LogP contribution in [0.2, 0.25) is 0 Å². The maximum absolute atomic E-state index is 12.9. The van der Waals surface area contributed by atoms with Crippen molar-refractivity contribution in [3.63, 3.8) is 0 Å². The van der Waals surface area contributed by atoms with E-state index in [0.717, 1.165) is 38.5 Å². The summed E-state index contributed by atoms with van der Waals surface area (Å²) >= 11 is 0. The number of nitrogens with zero attached hydrogens (tertiary/aromatic N) is 1. The van der Waals surface area contributed by atoms with Crippen LogP contribution in [0.3, 0.4) is 0 Å². The lowest BCUT2D eigenvalue weighted by Crippen LogP contribution is -2.40. The molecule has 9 heteroatoms. The molecule has 2 atom stereocenters. The van der Waals surface area contributed by atoms with E-state index in [1.807, 2.05) is 21.1 Å². The number of hydrogen-bond acceptors (Lipinski definition) is 7. The van der Waals surface area contributed by atoms with Gasteiger partial charge in [0, 0.05) is 12.8 Å². The molecule has 0 rings (SSSR count). The predicted molar refractivity (Wildman–Crippen MR) is 295 cm³/mol. The van der Waals surface area contributed by atoms with Gasteiger partial charge in [0.05, 0.1) is 34.4 Å². The maximum atomic E-state index is 12.9. The standard InChI is InChI=1S/C61H119NO8/c1-6-8-10-12-14-16-18-20-22-24-26-28-30-32-34-36-38-40-42-44-46-48-50-52-59(64)70-57(56-69-61(60(65)66)67-54-53-62(3,4)5)55-68-58(63)51-49-47-45-43-41-39-37-35-33-31-29-27-25-23-21-19-17-15-13-11-9-7-2/h57,61H,6-56H2,1-5H3/p+1. The largest absolute Gasteiger partial charge is 0.477 e. The van der Waals surface area contributed by atoms with Crippen molar-refractivity contribution in [2.24, 2.45) is 0 Å². The van der Waals surface area contributed by atoms with Crippen molar-refractivity contribution in [3.05, 3.63) is 0 Å². The Morgan fingerprint density at radius 3 is 0.914 bits per heavy atom. The molecule has 0 spiro atoms. The van der Waals surface area contributed by atoms with Crippen LogP contribution in [-0.2, 0) is 33.3 Å². The molecule has 0 saturated carbocycles. The van der Waals surface area contributed by atoms with Gasteiger partial charge in [0.25, 0.3) is 6.29 Å². The smallest absolute Gasteiger partial charge is 0.361 e. The summed E-state index contributed by atoms with van der Waals surface area (Å²) in [4.78, 5) is 37.5. The third-order valence-corrected chi connectivity index (χ3v) is 14.1. The molecule has 9 nitrogen and oxygen atoms in total. The molecule has 0 aliphatic heterocycles. The van der Waals surface area contributed by atoms with Gasteiger partial charge in [0.2, 0.25) is 0 Å². The SMILES string of the molecule is CCCCCCCCCCCCCCCCCCCCCCCCCC(=O)OC(COC(=O)CCCCCCCCCCCCCCCCCCCCCCCC)COC(OCC[N+](C)(C)C)C(=O)O. The molecular weight excluding hydrogens is 875 g/mol. The average molecular weight is 996 g/mol. The Labute approximate surface area is 434 Å². The van der Waals surface area contributed by atoms with E-state index in [4.69, 9.17) is 18.9 Å². The molecule has 70 heavy (non-hydrogen) atoms. The Morgan fingerprint density at radius 1 is 0.371 bits per heavy atom. The van der Waals surface area contributed by atoms with Crippen molar-refractivity contribution in [1.82, 2.24) is 0 Å². The Kier molecular flexibility index (Phi) is 52.3. The fraction of sp³-hybridized carbons (Fsp3) is 0.951. The molecule has 0 aliphatic rings. The zero-order valence-corrected chi connectivity index (χ0v) is 47.5. The number of hydrogen-bond donors (Lipinski definition) is 1. The molecule has 0 aromatic rings. The second-order valence-corrected chi connectivity index (χ2v) is 22.4. The first-order valence-corrected chi connectivity index (χ1v) is 30.7. The molecule has 0 bridgehead atoms. The van der Waals surface area contributed by atoms with E-state index in [2.05, 4.69) is 13.8 Å². The van der Waals surface area contributed by atoms with Crippen molar-refractivity contribution in [2.75, 3.05) is 47.5 Å². The minimum absolute atomic E-state index is 0.172. The van der Waals surface area contributed by atoms with Crippen LogP contribution in [0.5, 0.6) is 0 Å². The first-order chi connectivity index (χ1) is 34.1. The molecule has 0 radical (unpaired) electrons. The van der Waals surface area contributed by atoms with Crippen LogP contribution in [0.15, 0.2) is 0 Å². The quantitative estimate of drug-likeness (QED) is 0.0278. The third-order valence-electron chi connectivity index (χ3n) is 14.1. The lowest BCUT2D eigenvalue weighted by atomic mass is 10.0. The highest BCUT2D eigenvalue weighted by Crippen LogP contribution is 2.18. The van der Waals surface area contributed by atoms with Crippen molar-refractivity contribution in [3.8, 4) is 0 Å².